The highest BCUT2D eigenvalue weighted by atomic mass is 32.2. The van der Waals surface area contributed by atoms with Gasteiger partial charge in [-0.3, -0.25) is 4.79 Å². The molecule has 0 radical (unpaired) electrons. The minimum Gasteiger partial charge on any atom is -0.504 e. The van der Waals surface area contributed by atoms with Crippen molar-refractivity contribution in [2.24, 2.45) is 4.99 Å². The maximum atomic E-state index is 14.2. The second kappa shape index (κ2) is 9.72. The van der Waals surface area contributed by atoms with Crippen LogP contribution in [0.1, 0.15) is 32.3 Å². The summed E-state index contributed by atoms with van der Waals surface area (Å²) in [5, 5.41) is 13.3. The molecule has 4 aliphatic heterocycles. The van der Waals surface area contributed by atoms with Gasteiger partial charge in [0.15, 0.2) is 17.2 Å². The van der Waals surface area contributed by atoms with E-state index in [1.807, 2.05) is 0 Å². The minimum absolute atomic E-state index is 0.152. The zero-order chi connectivity index (χ0) is 27.3. The van der Waals surface area contributed by atoms with Crippen LogP contribution < -0.4 is 5.32 Å². The van der Waals surface area contributed by atoms with E-state index in [2.05, 4.69) is 16.9 Å². The third kappa shape index (κ3) is 4.73. The zero-order valence-electron chi connectivity index (χ0n) is 21.3. The Labute approximate surface area is 220 Å². The summed E-state index contributed by atoms with van der Waals surface area (Å²) in [6.07, 6.45) is 0.727. The Bertz CT molecular complexity index is 1320. The van der Waals surface area contributed by atoms with Crippen molar-refractivity contribution in [3.63, 3.8) is 0 Å². The van der Waals surface area contributed by atoms with Crippen molar-refractivity contribution in [2.45, 2.75) is 49.5 Å². The van der Waals surface area contributed by atoms with Crippen LogP contribution in [0.3, 0.4) is 0 Å². The third-order valence-corrected chi connectivity index (χ3v) is 9.19. The molecule has 4 heterocycles. The Morgan fingerprint density at radius 2 is 1.84 bits per heavy atom. The summed E-state index contributed by atoms with van der Waals surface area (Å²) in [4.78, 5) is 18.9. The normalized spacial score (nSPS) is 23.4. The topological polar surface area (TPSA) is 130 Å². The first-order valence-corrected chi connectivity index (χ1v) is 13.9. The Hall–Kier alpha value is -2.84. The van der Waals surface area contributed by atoms with Gasteiger partial charge in [-0.25, -0.2) is 17.8 Å². The first-order chi connectivity index (χ1) is 17.9. The fourth-order valence-electron chi connectivity index (χ4n) is 5.09. The smallest absolute Gasteiger partial charge is 0.274 e. The number of rotatable bonds is 5. The molecule has 0 atom stereocenters. The highest BCUT2D eigenvalue weighted by Gasteiger charge is 2.43. The average molecular weight is 551 g/mol. The zero-order valence-corrected chi connectivity index (χ0v) is 22.1. The van der Waals surface area contributed by atoms with Crippen LogP contribution in [-0.4, -0.2) is 85.3 Å². The number of nitrogens with one attached hydrogen (secondary N) is 1. The molecule has 11 nitrogen and oxygen atoms in total. The summed E-state index contributed by atoms with van der Waals surface area (Å²) in [6, 6.07) is 3.39. The fraction of sp³-hybridized carbons (Fsp3) is 0.520. The van der Waals surface area contributed by atoms with Gasteiger partial charge in [0.1, 0.15) is 17.3 Å². The van der Waals surface area contributed by atoms with Crippen LogP contribution in [0, 0.1) is 5.82 Å². The number of ether oxygens (including phenoxy) is 3. The number of benzene rings is 1. The van der Waals surface area contributed by atoms with Gasteiger partial charge in [-0.2, -0.15) is 4.31 Å². The lowest BCUT2D eigenvalue weighted by Crippen LogP contribution is -2.54. The van der Waals surface area contributed by atoms with Gasteiger partial charge in [-0.15, -0.1) is 0 Å². The van der Waals surface area contributed by atoms with Gasteiger partial charge in [0.05, 0.1) is 30.4 Å². The van der Waals surface area contributed by atoms with Crippen molar-refractivity contribution in [2.75, 3.05) is 39.5 Å². The van der Waals surface area contributed by atoms with Crippen LogP contribution in [0.25, 0.3) is 0 Å². The maximum Gasteiger partial charge on any atom is 0.274 e. The molecule has 38 heavy (non-hydrogen) atoms. The van der Waals surface area contributed by atoms with Crippen molar-refractivity contribution >= 4 is 21.8 Å². The molecule has 1 aromatic rings. The van der Waals surface area contributed by atoms with Gasteiger partial charge in [0, 0.05) is 39.0 Å². The van der Waals surface area contributed by atoms with E-state index in [1.165, 1.54) is 10.4 Å². The number of nitrogens with zero attached hydrogens (tertiary/aromatic N) is 3. The van der Waals surface area contributed by atoms with Crippen LogP contribution in [0.5, 0.6) is 0 Å². The van der Waals surface area contributed by atoms with Gasteiger partial charge in [-0.05, 0) is 31.5 Å². The molecule has 206 valence electrons. The SMILES string of the molecule is C=C1C(O)=C(C(=O)NCc2ccc(F)cc2S(=O)(=O)N2CCC3(CC2)OCCO3)N=C2N1CCOC2(C)C. The number of aliphatic hydroxyl groups is 1. The second-order valence-electron chi connectivity index (χ2n) is 10.0. The maximum absolute atomic E-state index is 14.2. The number of halogens is 1. The number of aliphatic imine (C=N–C) groups is 1. The van der Waals surface area contributed by atoms with Crippen LogP contribution >= 0.6 is 0 Å². The first kappa shape index (κ1) is 26.8. The molecule has 0 saturated carbocycles. The quantitative estimate of drug-likeness (QED) is 0.568. The Morgan fingerprint density at radius 1 is 1.16 bits per heavy atom. The van der Waals surface area contributed by atoms with Gasteiger partial charge < -0.3 is 29.5 Å². The Morgan fingerprint density at radius 3 is 2.53 bits per heavy atom. The summed E-state index contributed by atoms with van der Waals surface area (Å²) in [5.74, 6) is -2.17. The Kier molecular flexibility index (Phi) is 6.84. The van der Waals surface area contributed by atoms with E-state index in [1.54, 1.807) is 18.7 Å². The third-order valence-electron chi connectivity index (χ3n) is 7.21. The van der Waals surface area contributed by atoms with Crippen LogP contribution in [0.4, 0.5) is 4.39 Å². The molecule has 0 aromatic heterocycles. The number of carbonyl (C=O) groups excluding carboxylic acids is 1. The Balaban J connectivity index is 1.35. The molecule has 0 unspecified atom stereocenters. The highest BCUT2D eigenvalue weighted by molar-refractivity contribution is 7.89. The number of morpholine rings is 1. The van der Waals surface area contributed by atoms with Crippen molar-refractivity contribution in [3.8, 4) is 0 Å². The van der Waals surface area contributed by atoms with E-state index in [0.717, 1.165) is 12.1 Å². The second-order valence-corrected chi connectivity index (χ2v) is 11.9. The largest absolute Gasteiger partial charge is 0.504 e. The molecule has 0 bridgehead atoms. The number of hydrogen-bond donors (Lipinski definition) is 2. The highest BCUT2D eigenvalue weighted by Crippen LogP contribution is 2.34. The number of aliphatic hydroxyl groups excluding tert-OH is 1. The minimum atomic E-state index is -4.08. The van der Waals surface area contributed by atoms with E-state index in [0.29, 0.717) is 45.0 Å². The van der Waals surface area contributed by atoms with Crippen LogP contribution in [-0.2, 0) is 35.6 Å². The summed E-state index contributed by atoms with van der Waals surface area (Å²) >= 11 is 0. The molecule has 3 saturated heterocycles. The van der Waals surface area contributed by atoms with Crippen molar-refractivity contribution < 1.29 is 36.9 Å². The lowest BCUT2D eigenvalue weighted by atomic mass is 10.0. The lowest BCUT2D eigenvalue weighted by molar-refractivity contribution is -0.179. The molecule has 3 fully saturated rings. The van der Waals surface area contributed by atoms with E-state index >= 15 is 0 Å². The monoisotopic (exact) mass is 550 g/mol. The standard InChI is InChI=1S/C25H31FN4O7S/c1-16-21(31)20(28-23-24(2,3)35-11-10-30(16)23)22(32)27-15-17-4-5-18(26)14-19(17)38(33,34)29-8-6-25(7-9-29)36-12-13-37-25/h4-5,14,31H,1,6-13,15H2,2-3H3,(H,27,32). The molecular formula is C25H31FN4O7S. The molecule has 4 aliphatic rings. The van der Waals surface area contributed by atoms with Crippen molar-refractivity contribution in [1.82, 2.24) is 14.5 Å². The summed E-state index contributed by atoms with van der Waals surface area (Å²) < 4.78 is 59.6. The number of hydrogen-bond acceptors (Lipinski definition) is 9. The molecule has 1 aromatic carbocycles. The van der Waals surface area contributed by atoms with Gasteiger partial charge in [0.2, 0.25) is 10.0 Å². The van der Waals surface area contributed by atoms with E-state index in [9.17, 15) is 22.7 Å². The average Bonchev–Trinajstić information content (AvgIpc) is 3.33. The van der Waals surface area contributed by atoms with Crippen LogP contribution in [0.2, 0.25) is 0 Å². The number of piperidine rings is 1. The number of carbonyl (C=O) groups is 1. The number of fused-ring (bicyclic) bond motifs is 1. The summed E-state index contributed by atoms with van der Waals surface area (Å²) in [5.41, 5.74) is -0.657. The van der Waals surface area contributed by atoms with Crippen LogP contribution in [0.15, 0.2) is 51.8 Å². The van der Waals surface area contributed by atoms with E-state index < -0.39 is 33.1 Å². The molecular weight excluding hydrogens is 519 g/mol. The van der Waals surface area contributed by atoms with Crippen molar-refractivity contribution in [3.05, 3.63) is 53.3 Å². The van der Waals surface area contributed by atoms with Crippen molar-refractivity contribution in [1.29, 1.82) is 0 Å². The predicted octanol–water partition coefficient (Wildman–Crippen LogP) is 1.78. The molecule has 13 heteroatoms. The predicted molar refractivity (Wildman–Crippen MR) is 134 cm³/mol. The number of amides is 1. The number of amidine groups is 1. The van der Waals surface area contributed by atoms with Gasteiger partial charge >= 0.3 is 0 Å². The molecule has 1 spiro atoms. The fourth-order valence-corrected chi connectivity index (χ4v) is 6.77. The molecule has 1 amide bonds. The molecule has 5 rings (SSSR count). The molecule has 2 N–H and O–H groups in total. The van der Waals surface area contributed by atoms with Gasteiger partial charge in [0.25, 0.3) is 5.91 Å². The van der Waals surface area contributed by atoms with E-state index in [-0.39, 0.29) is 47.2 Å². The summed E-state index contributed by atoms with van der Waals surface area (Å²) in [7, 11) is -4.08. The molecule has 0 aliphatic carbocycles. The lowest BCUT2D eigenvalue weighted by Gasteiger charge is -2.43. The number of sulfonamides is 1. The van der Waals surface area contributed by atoms with Gasteiger partial charge in [-0.1, -0.05) is 12.6 Å². The summed E-state index contributed by atoms with van der Waals surface area (Å²) in [6.45, 7) is 9.31. The van der Waals surface area contributed by atoms with E-state index in [4.69, 9.17) is 14.2 Å². The first-order valence-electron chi connectivity index (χ1n) is 12.4.